The van der Waals surface area contributed by atoms with E-state index in [1.165, 1.54) is 0 Å². The van der Waals surface area contributed by atoms with E-state index in [9.17, 15) is 0 Å². The van der Waals surface area contributed by atoms with Gasteiger partial charge in [0.05, 0.1) is 0 Å². The van der Waals surface area contributed by atoms with Crippen LogP contribution in [-0.4, -0.2) is 10.6 Å². The van der Waals surface area contributed by atoms with Gasteiger partial charge in [-0.3, -0.25) is 0 Å². The molecular weight excluding hydrogens is 170 g/mol. The zero-order valence-electron chi connectivity index (χ0n) is 7.45. The lowest BCUT2D eigenvalue weighted by atomic mass is 10.2. The van der Waals surface area contributed by atoms with E-state index in [0.29, 0.717) is 0 Å². The fourth-order valence-corrected chi connectivity index (χ4v) is 2.61. The molecule has 1 aliphatic rings. The molecule has 1 rings (SSSR count). The first kappa shape index (κ1) is 9.49. The van der Waals surface area contributed by atoms with E-state index in [4.69, 9.17) is 5.53 Å². The van der Waals surface area contributed by atoms with Gasteiger partial charge < -0.3 is 0 Å². The second-order valence-electron chi connectivity index (χ2n) is 3.63. The van der Waals surface area contributed by atoms with Crippen LogP contribution >= 0.6 is 11.8 Å². The Morgan fingerprint density at radius 1 is 1.75 bits per heavy atom. The lowest BCUT2D eigenvalue weighted by Crippen LogP contribution is -2.07. The maximum atomic E-state index is 8.39. The fourth-order valence-electron chi connectivity index (χ4n) is 1.27. The normalized spacial score (nSPS) is 30.5. The molecule has 0 amide bonds. The number of rotatable bonds is 4. The van der Waals surface area contributed by atoms with Gasteiger partial charge in [-0.1, -0.05) is 25.0 Å². The van der Waals surface area contributed by atoms with E-state index in [0.717, 1.165) is 12.2 Å². The first-order valence-corrected chi connectivity index (χ1v) is 4.88. The third-order valence-electron chi connectivity index (χ3n) is 2.26. The second-order valence-corrected chi connectivity index (χ2v) is 4.93. The molecule has 3 nitrogen and oxygen atoms in total. The van der Waals surface area contributed by atoms with E-state index in [1.54, 1.807) is 11.8 Å². The van der Waals surface area contributed by atoms with Crippen molar-refractivity contribution in [2.24, 2.45) is 10.5 Å². The summed E-state index contributed by atoms with van der Waals surface area (Å²) >= 11 is 1.68. The SMILES string of the molecule is C=CCSC1(N=[N+]=[N-])CC1(C)C. The zero-order chi connectivity index (χ0) is 9.24. The summed E-state index contributed by atoms with van der Waals surface area (Å²) in [6, 6.07) is 0. The van der Waals surface area contributed by atoms with Crippen molar-refractivity contribution in [1.82, 2.24) is 0 Å². The van der Waals surface area contributed by atoms with Crippen molar-refractivity contribution >= 4 is 11.8 Å². The highest BCUT2D eigenvalue weighted by atomic mass is 32.2. The Morgan fingerprint density at radius 3 is 2.67 bits per heavy atom. The molecule has 0 radical (unpaired) electrons. The predicted octanol–water partition coefficient (Wildman–Crippen LogP) is 3.34. The smallest absolute Gasteiger partial charge is 0.100 e. The molecule has 0 bridgehead atoms. The minimum absolute atomic E-state index is 0.160. The van der Waals surface area contributed by atoms with Crippen molar-refractivity contribution in [3.05, 3.63) is 23.1 Å². The van der Waals surface area contributed by atoms with Gasteiger partial charge in [0.1, 0.15) is 4.87 Å². The van der Waals surface area contributed by atoms with Gasteiger partial charge in [-0.05, 0) is 17.4 Å². The van der Waals surface area contributed by atoms with Gasteiger partial charge in [0.15, 0.2) is 0 Å². The molecule has 0 spiro atoms. The van der Waals surface area contributed by atoms with Crippen LogP contribution in [0, 0.1) is 5.41 Å². The van der Waals surface area contributed by atoms with Crippen LogP contribution < -0.4 is 0 Å². The number of nitrogens with zero attached hydrogens (tertiary/aromatic N) is 3. The molecule has 1 atom stereocenters. The molecule has 4 heteroatoms. The van der Waals surface area contributed by atoms with Crippen LogP contribution in [-0.2, 0) is 0 Å². The third-order valence-corrected chi connectivity index (χ3v) is 3.92. The molecule has 1 fully saturated rings. The van der Waals surface area contributed by atoms with Gasteiger partial charge in [-0.15, -0.1) is 18.3 Å². The van der Waals surface area contributed by atoms with Crippen molar-refractivity contribution in [3.63, 3.8) is 0 Å². The van der Waals surface area contributed by atoms with Crippen molar-refractivity contribution in [2.45, 2.75) is 25.1 Å². The molecule has 1 unspecified atom stereocenters. The number of thioether (sulfide) groups is 1. The van der Waals surface area contributed by atoms with Crippen molar-refractivity contribution < 1.29 is 0 Å². The molecule has 0 aromatic carbocycles. The summed E-state index contributed by atoms with van der Waals surface area (Å²) in [6.07, 6.45) is 2.82. The average molecular weight is 183 g/mol. The number of hydrogen-bond donors (Lipinski definition) is 0. The Balaban J connectivity index is 2.65. The van der Waals surface area contributed by atoms with E-state index >= 15 is 0 Å². The van der Waals surface area contributed by atoms with Crippen LogP contribution in [0.25, 0.3) is 10.4 Å². The van der Waals surface area contributed by atoms with E-state index in [2.05, 4.69) is 30.5 Å². The Kier molecular flexibility index (Phi) is 2.40. The van der Waals surface area contributed by atoms with Crippen LogP contribution in [0.2, 0.25) is 0 Å². The molecule has 0 saturated heterocycles. The molecule has 66 valence electrons. The second kappa shape index (κ2) is 3.04. The molecule has 0 aromatic heterocycles. The van der Waals surface area contributed by atoms with Crippen LogP contribution in [0.3, 0.4) is 0 Å². The van der Waals surface area contributed by atoms with Gasteiger partial charge in [-0.25, -0.2) is 0 Å². The largest absolute Gasteiger partial charge is 0.144 e. The van der Waals surface area contributed by atoms with Crippen LogP contribution in [0.5, 0.6) is 0 Å². The van der Waals surface area contributed by atoms with Gasteiger partial charge in [-0.2, -0.15) is 0 Å². The quantitative estimate of drug-likeness (QED) is 0.285. The number of hydrogen-bond acceptors (Lipinski definition) is 2. The highest BCUT2D eigenvalue weighted by Crippen LogP contribution is 2.65. The van der Waals surface area contributed by atoms with Gasteiger partial charge >= 0.3 is 0 Å². The third kappa shape index (κ3) is 1.45. The molecule has 1 saturated carbocycles. The summed E-state index contributed by atoms with van der Waals surface area (Å²) in [4.78, 5) is 2.69. The highest BCUT2D eigenvalue weighted by molar-refractivity contribution is 8.01. The Labute approximate surface area is 76.9 Å². The molecule has 0 aromatic rings. The first-order chi connectivity index (χ1) is 5.58. The lowest BCUT2D eigenvalue weighted by molar-refractivity contribution is 0.595. The summed E-state index contributed by atoms with van der Waals surface area (Å²) in [7, 11) is 0. The van der Waals surface area contributed by atoms with E-state index < -0.39 is 0 Å². The van der Waals surface area contributed by atoms with Crippen LogP contribution in [0.4, 0.5) is 0 Å². The average Bonchev–Trinajstić information content (AvgIpc) is 2.51. The summed E-state index contributed by atoms with van der Waals surface area (Å²) in [6.45, 7) is 7.89. The van der Waals surface area contributed by atoms with Crippen LogP contribution in [0.15, 0.2) is 17.8 Å². The molecule has 0 N–H and O–H groups in total. The predicted molar refractivity (Wildman–Crippen MR) is 52.9 cm³/mol. The van der Waals surface area contributed by atoms with Crippen molar-refractivity contribution in [1.29, 1.82) is 0 Å². The minimum Gasteiger partial charge on any atom is -0.144 e. The molecule has 0 heterocycles. The standard InChI is InChI=1S/C8H13N3S/c1-4-5-12-8(10-11-9)6-7(8,2)3/h4H,1,5-6H2,2-3H3. The molecular formula is C8H13N3S. The highest BCUT2D eigenvalue weighted by Gasteiger charge is 2.61. The Bertz CT molecular complexity index is 243. The van der Waals surface area contributed by atoms with E-state index in [-0.39, 0.29) is 10.3 Å². The maximum absolute atomic E-state index is 8.39. The van der Waals surface area contributed by atoms with Gasteiger partial charge in [0, 0.05) is 10.7 Å². The summed E-state index contributed by atoms with van der Waals surface area (Å²) in [5.74, 6) is 0.850. The van der Waals surface area contributed by atoms with E-state index in [1.807, 2.05) is 6.08 Å². The van der Waals surface area contributed by atoms with Gasteiger partial charge in [0.25, 0.3) is 0 Å². The zero-order valence-corrected chi connectivity index (χ0v) is 8.27. The van der Waals surface area contributed by atoms with Crippen molar-refractivity contribution in [2.75, 3.05) is 5.75 Å². The first-order valence-electron chi connectivity index (χ1n) is 3.89. The Hall–Kier alpha value is -0.600. The minimum atomic E-state index is -0.198. The topological polar surface area (TPSA) is 48.8 Å². The molecule has 0 aliphatic heterocycles. The summed E-state index contributed by atoms with van der Waals surface area (Å²) in [5.41, 5.74) is 8.55. The number of azide groups is 1. The molecule has 12 heavy (non-hydrogen) atoms. The van der Waals surface area contributed by atoms with Crippen molar-refractivity contribution in [3.8, 4) is 0 Å². The summed E-state index contributed by atoms with van der Waals surface area (Å²) < 4.78 is 0. The monoisotopic (exact) mass is 183 g/mol. The lowest BCUT2D eigenvalue weighted by Gasteiger charge is -2.11. The van der Waals surface area contributed by atoms with Gasteiger partial charge in [0.2, 0.25) is 0 Å². The van der Waals surface area contributed by atoms with Crippen LogP contribution in [0.1, 0.15) is 20.3 Å². The molecule has 1 aliphatic carbocycles. The maximum Gasteiger partial charge on any atom is 0.100 e. The fraction of sp³-hybridized carbons (Fsp3) is 0.750. The Morgan fingerprint density at radius 2 is 2.33 bits per heavy atom. The summed E-state index contributed by atoms with van der Waals surface area (Å²) in [5, 5.41) is 3.85.